The van der Waals surface area contributed by atoms with Crippen LogP contribution in [0, 0.1) is 0 Å². The average Bonchev–Trinajstić information content (AvgIpc) is 2.31. The lowest BCUT2D eigenvalue weighted by Crippen LogP contribution is -2.36. The van der Waals surface area contributed by atoms with E-state index in [2.05, 4.69) is 9.88 Å². The minimum atomic E-state index is 0.425. The second-order valence-corrected chi connectivity index (χ2v) is 3.38. The molecule has 0 spiro atoms. The van der Waals surface area contributed by atoms with Gasteiger partial charge in [0.2, 0.25) is 0 Å². The smallest absolute Gasteiger partial charge is 0.166 e. The van der Waals surface area contributed by atoms with Crippen LogP contribution >= 0.6 is 0 Å². The zero-order chi connectivity index (χ0) is 10.7. The summed E-state index contributed by atoms with van der Waals surface area (Å²) in [6.45, 7) is 3.28. The van der Waals surface area contributed by atoms with Gasteiger partial charge < -0.3 is 20.1 Å². The molecule has 15 heavy (non-hydrogen) atoms. The van der Waals surface area contributed by atoms with Crippen LogP contribution in [0.5, 0.6) is 5.75 Å². The van der Waals surface area contributed by atoms with E-state index in [1.807, 2.05) is 6.07 Å². The van der Waals surface area contributed by atoms with Crippen LogP contribution < -0.4 is 15.4 Å². The number of rotatable bonds is 2. The molecule has 1 aromatic rings. The van der Waals surface area contributed by atoms with Crippen molar-refractivity contribution in [2.75, 3.05) is 44.0 Å². The number of hydrogen-bond acceptors (Lipinski definition) is 5. The number of nitrogen functional groups attached to an aromatic ring is 1. The molecule has 1 aliphatic heterocycles. The Kier molecular flexibility index (Phi) is 2.91. The summed E-state index contributed by atoms with van der Waals surface area (Å²) in [5.41, 5.74) is 6.68. The number of ether oxygens (including phenoxy) is 2. The highest BCUT2D eigenvalue weighted by molar-refractivity contribution is 5.57. The summed E-state index contributed by atoms with van der Waals surface area (Å²) in [4.78, 5) is 6.30. The maximum atomic E-state index is 5.65. The predicted octanol–water partition coefficient (Wildman–Crippen LogP) is 0.509. The van der Waals surface area contributed by atoms with Crippen molar-refractivity contribution in [3.8, 4) is 5.75 Å². The van der Waals surface area contributed by atoms with Gasteiger partial charge in [-0.3, -0.25) is 0 Å². The van der Waals surface area contributed by atoms with E-state index in [1.54, 1.807) is 13.3 Å². The second kappa shape index (κ2) is 4.35. The van der Waals surface area contributed by atoms with Crippen LogP contribution in [-0.4, -0.2) is 38.4 Å². The van der Waals surface area contributed by atoms with Crippen molar-refractivity contribution < 1.29 is 9.47 Å². The van der Waals surface area contributed by atoms with Crippen LogP contribution in [0.4, 0.5) is 11.5 Å². The first kappa shape index (κ1) is 10.0. The van der Waals surface area contributed by atoms with Crippen molar-refractivity contribution in [2.24, 2.45) is 0 Å². The monoisotopic (exact) mass is 209 g/mol. The number of anilines is 2. The molecule has 2 N–H and O–H groups in total. The highest BCUT2D eigenvalue weighted by atomic mass is 16.5. The molecule has 5 nitrogen and oxygen atoms in total. The van der Waals surface area contributed by atoms with Gasteiger partial charge in [0, 0.05) is 19.2 Å². The summed E-state index contributed by atoms with van der Waals surface area (Å²) in [5, 5.41) is 0. The predicted molar refractivity (Wildman–Crippen MR) is 58.2 cm³/mol. The van der Waals surface area contributed by atoms with Gasteiger partial charge in [-0.25, -0.2) is 4.98 Å². The third kappa shape index (κ3) is 2.12. The first-order chi connectivity index (χ1) is 7.31. The number of nitrogens with two attached hydrogens (primary N) is 1. The second-order valence-electron chi connectivity index (χ2n) is 3.38. The SMILES string of the molecule is COc1cc(N2CCOCC2)cnc1N. The van der Waals surface area contributed by atoms with Crippen LogP contribution in [0.15, 0.2) is 12.3 Å². The Bertz CT molecular complexity index is 337. The van der Waals surface area contributed by atoms with Crippen LogP contribution in [0.2, 0.25) is 0 Å². The number of hydrogen-bond donors (Lipinski definition) is 1. The average molecular weight is 209 g/mol. The number of pyridine rings is 1. The lowest BCUT2D eigenvalue weighted by molar-refractivity contribution is 0.122. The van der Waals surface area contributed by atoms with Crippen molar-refractivity contribution in [3.63, 3.8) is 0 Å². The third-order valence-corrected chi connectivity index (χ3v) is 2.46. The summed E-state index contributed by atoms with van der Waals surface area (Å²) in [6.07, 6.45) is 1.77. The van der Waals surface area contributed by atoms with E-state index >= 15 is 0 Å². The van der Waals surface area contributed by atoms with Gasteiger partial charge in [0.05, 0.1) is 32.2 Å². The van der Waals surface area contributed by atoms with Gasteiger partial charge in [-0.05, 0) is 0 Å². The van der Waals surface area contributed by atoms with Gasteiger partial charge in [-0.15, -0.1) is 0 Å². The van der Waals surface area contributed by atoms with Gasteiger partial charge in [0.15, 0.2) is 11.6 Å². The Morgan fingerprint density at radius 2 is 2.20 bits per heavy atom. The minimum Gasteiger partial charge on any atom is -0.493 e. The number of nitrogens with zero attached hydrogens (tertiary/aromatic N) is 2. The molecule has 0 amide bonds. The third-order valence-electron chi connectivity index (χ3n) is 2.46. The van der Waals surface area contributed by atoms with E-state index in [0.29, 0.717) is 11.6 Å². The minimum absolute atomic E-state index is 0.425. The molecule has 5 heteroatoms. The first-order valence-corrected chi connectivity index (χ1v) is 4.93. The molecule has 0 aromatic carbocycles. The summed E-state index contributed by atoms with van der Waals surface area (Å²) < 4.78 is 10.4. The molecular weight excluding hydrogens is 194 g/mol. The fourth-order valence-electron chi connectivity index (χ4n) is 1.60. The van der Waals surface area contributed by atoms with E-state index in [9.17, 15) is 0 Å². The van der Waals surface area contributed by atoms with Crippen molar-refractivity contribution in [3.05, 3.63) is 12.3 Å². The largest absolute Gasteiger partial charge is 0.493 e. The van der Waals surface area contributed by atoms with Crippen LogP contribution in [0.3, 0.4) is 0 Å². The van der Waals surface area contributed by atoms with Gasteiger partial charge in [-0.2, -0.15) is 0 Å². The molecule has 1 fully saturated rings. The Hall–Kier alpha value is -1.49. The highest BCUT2D eigenvalue weighted by Gasteiger charge is 2.13. The van der Waals surface area contributed by atoms with Crippen LogP contribution in [0.1, 0.15) is 0 Å². The van der Waals surface area contributed by atoms with E-state index in [-0.39, 0.29) is 0 Å². The van der Waals surface area contributed by atoms with Gasteiger partial charge >= 0.3 is 0 Å². The summed E-state index contributed by atoms with van der Waals surface area (Å²) in [6, 6.07) is 1.91. The molecule has 2 rings (SSSR count). The van der Waals surface area contributed by atoms with Gasteiger partial charge in [0.25, 0.3) is 0 Å². The lowest BCUT2D eigenvalue weighted by atomic mass is 10.3. The maximum absolute atomic E-state index is 5.65. The molecule has 82 valence electrons. The fourth-order valence-corrected chi connectivity index (χ4v) is 1.60. The Morgan fingerprint density at radius 3 is 2.87 bits per heavy atom. The zero-order valence-corrected chi connectivity index (χ0v) is 8.77. The van der Waals surface area contributed by atoms with E-state index in [4.69, 9.17) is 15.2 Å². The first-order valence-electron chi connectivity index (χ1n) is 4.93. The summed E-state index contributed by atoms with van der Waals surface area (Å²) in [7, 11) is 1.59. The molecule has 1 aliphatic rings. The lowest BCUT2D eigenvalue weighted by Gasteiger charge is -2.28. The molecule has 1 aromatic heterocycles. The number of aromatic nitrogens is 1. The highest BCUT2D eigenvalue weighted by Crippen LogP contribution is 2.25. The topological polar surface area (TPSA) is 60.6 Å². The van der Waals surface area contributed by atoms with Crippen molar-refractivity contribution in [1.82, 2.24) is 4.98 Å². The molecular formula is C10H15N3O2. The molecule has 0 saturated carbocycles. The van der Waals surface area contributed by atoms with E-state index in [0.717, 1.165) is 32.0 Å². The van der Waals surface area contributed by atoms with Crippen LogP contribution in [0.25, 0.3) is 0 Å². The Morgan fingerprint density at radius 1 is 1.47 bits per heavy atom. The number of methoxy groups -OCH3 is 1. The van der Waals surface area contributed by atoms with Crippen molar-refractivity contribution in [1.29, 1.82) is 0 Å². The quantitative estimate of drug-likeness (QED) is 0.769. The molecule has 1 saturated heterocycles. The molecule has 0 radical (unpaired) electrons. The normalized spacial score (nSPS) is 16.5. The van der Waals surface area contributed by atoms with Crippen molar-refractivity contribution in [2.45, 2.75) is 0 Å². The van der Waals surface area contributed by atoms with E-state index < -0.39 is 0 Å². The van der Waals surface area contributed by atoms with Gasteiger partial charge in [-0.1, -0.05) is 0 Å². The fraction of sp³-hybridized carbons (Fsp3) is 0.500. The molecule has 0 atom stereocenters. The molecule has 0 bridgehead atoms. The zero-order valence-electron chi connectivity index (χ0n) is 8.77. The summed E-state index contributed by atoms with van der Waals surface area (Å²) >= 11 is 0. The maximum Gasteiger partial charge on any atom is 0.166 e. The van der Waals surface area contributed by atoms with E-state index in [1.165, 1.54) is 0 Å². The van der Waals surface area contributed by atoms with Crippen LogP contribution in [-0.2, 0) is 4.74 Å². The molecule has 0 unspecified atom stereocenters. The van der Waals surface area contributed by atoms with Crippen molar-refractivity contribution >= 4 is 11.5 Å². The Labute approximate surface area is 88.8 Å². The number of morpholine rings is 1. The molecule has 0 aliphatic carbocycles. The standard InChI is InChI=1S/C10H15N3O2/c1-14-9-6-8(7-12-10(9)11)13-2-4-15-5-3-13/h6-7H,2-5H2,1H3,(H2,11,12). The Balaban J connectivity index is 2.20. The van der Waals surface area contributed by atoms with Gasteiger partial charge in [0.1, 0.15) is 0 Å². The summed E-state index contributed by atoms with van der Waals surface area (Å²) in [5.74, 6) is 1.05. The molecule has 2 heterocycles.